The van der Waals surface area contributed by atoms with E-state index in [1.54, 1.807) is 23.9 Å². The predicted molar refractivity (Wildman–Crippen MR) is 58.1 cm³/mol. The van der Waals surface area contributed by atoms with Crippen molar-refractivity contribution in [2.45, 2.75) is 6.04 Å². The number of rotatable bonds is 2. The maximum absolute atomic E-state index is 12.7. The number of hydrogen-bond acceptors (Lipinski definition) is 3. The molecule has 74 valence electrons. The fourth-order valence-corrected chi connectivity index (χ4v) is 2.33. The average molecular weight is 210 g/mol. The summed E-state index contributed by atoms with van der Waals surface area (Å²) in [6.07, 6.45) is 0. The van der Waals surface area contributed by atoms with Gasteiger partial charge in [-0.1, -0.05) is 12.1 Å². The van der Waals surface area contributed by atoms with E-state index in [4.69, 9.17) is 5.73 Å². The molecular formula is C10H11FN2S. The normalized spacial score (nSPS) is 21.0. The number of aliphatic imine (C=N–C) groups is 1. The molecule has 0 amide bonds. The minimum Gasteiger partial charge on any atom is -0.325 e. The van der Waals surface area contributed by atoms with Crippen molar-refractivity contribution in [3.63, 3.8) is 0 Å². The summed E-state index contributed by atoms with van der Waals surface area (Å²) in [5, 5.41) is 0.985. The molecule has 1 aliphatic heterocycles. The summed E-state index contributed by atoms with van der Waals surface area (Å²) in [7, 11) is 0. The van der Waals surface area contributed by atoms with E-state index in [1.165, 1.54) is 12.1 Å². The number of nitrogens with zero attached hydrogens (tertiary/aromatic N) is 1. The highest BCUT2D eigenvalue weighted by Crippen LogP contribution is 2.29. The molecule has 1 atom stereocenters. The molecule has 0 spiro atoms. The van der Waals surface area contributed by atoms with E-state index in [2.05, 4.69) is 4.99 Å². The van der Waals surface area contributed by atoms with Crippen LogP contribution >= 0.6 is 11.8 Å². The Balaban J connectivity index is 2.17. The van der Waals surface area contributed by atoms with E-state index in [9.17, 15) is 4.39 Å². The van der Waals surface area contributed by atoms with Crippen molar-refractivity contribution in [1.82, 2.24) is 0 Å². The quantitative estimate of drug-likeness (QED) is 0.810. The third-order valence-corrected chi connectivity index (χ3v) is 3.22. The zero-order chi connectivity index (χ0) is 9.97. The first kappa shape index (κ1) is 9.68. The fourth-order valence-electron chi connectivity index (χ4n) is 1.39. The van der Waals surface area contributed by atoms with Crippen molar-refractivity contribution >= 4 is 16.8 Å². The first-order valence-electron chi connectivity index (χ1n) is 4.44. The van der Waals surface area contributed by atoms with Gasteiger partial charge in [-0.15, -0.1) is 11.8 Å². The van der Waals surface area contributed by atoms with E-state index < -0.39 is 0 Å². The summed E-state index contributed by atoms with van der Waals surface area (Å²) >= 11 is 1.68. The zero-order valence-electron chi connectivity index (χ0n) is 7.61. The number of benzene rings is 1. The lowest BCUT2D eigenvalue weighted by Crippen LogP contribution is -2.07. The van der Waals surface area contributed by atoms with Gasteiger partial charge in [0, 0.05) is 12.3 Å². The summed E-state index contributed by atoms with van der Waals surface area (Å²) in [6.45, 7) is 0.502. The van der Waals surface area contributed by atoms with Crippen LogP contribution in [0.5, 0.6) is 0 Å². The van der Waals surface area contributed by atoms with Crippen molar-refractivity contribution in [1.29, 1.82) is 0 Å². The molecule has 2 nitrogen and oxygen atoms in total. The van der Waals surface area contributed by atoms with Gasteiger partial charge in [-0.25, -0.2) is 4.39 Å². The van der Waals surface area contributed by atoms with Crippen LogP contribution in [0, 0.1) is 5.82 Å². The first-order valence-corrected chi connectivity index (χ1v) is 5.43. The van der Waals surface area contributed by atoms with Crippen molar-refractivity contribution < 1.29 is 4.39 Å². The Morgan fingerprint density at radius 2 is 2.14 bits per heavy atom. The molecule has 2 rings (SSSR count). The van der Waals surface area contributed by atoms with Crippen LogP contribution in [0.4, 0.5) is 4.39 Å². The van der Waals surface area contributed by atoms with Gasteiger partial charge in [0.2, 0.25) is 0 Å². The topological polar surface area (TPSA) is 38.4 Å². The van der Waals surface area contributed by atoms with Crippen LogP contribution in [0.15, 0.2) is 29.3 Å². The second kappa shape index (κ2) is 4.11. The molecule has 1 heterocycles. The molecule has 0 radical (unpaired) electrons. The van der Waals surface area contributed by atoms with Gasteiger partial charge in [0.1, 0.15) is 5.82 Å². The smallest absolute Gasteiger partial charge is 0.123 e. The number of thioether (sulfide) groups is 1. The van der Waals surface area contributed by atoms with Gasteiger partial charge in [-0.2, -0.15) is 0 Å². The van der Waals surface area contributed by atoms with Gasteiger partial charge >= 0.3 is 0 Å². The van der Waals surface area contributed by atoms with E-state index >= 15 is 0 Å². The largest absolute Gasteiger partial charge is 0.325 e. The third-order valence-electron chi connectivity index (χ3n) is 2.14. The van der Waals surface area contributed by atoms with Crippen LogP contribution in [0.1, 0.15) is 11.6 Å². The summed E-state index contributed by atoms with van der Waals surface area (Å²) in [4.78, 5) is 4.44. The van der Waals surface area contributed by atoms with Crippen LogP contribution in [-0.2, 0) is 0 Å². The standard InChI is InChI=1S/C10H11FN2S/c11-8-3-1-7(2-4-8)9-6-14-10(5-12)13-9/h1-4,9H,5-6,12H2. The molecule has 1 aliphatic rings. The van der Waals surface area contributed by atoms with Crippen LogP contribution in [0.2, 0.25) is 0 Å². The van der Waals surface area contributed by atoms with Crippen LogP contribution < -0.4 is 5.73 Å². The highest BCUT2D eigenvalue weighted by Gasteiger charge is 2.18. The second-order valence-electron chi connectivity index (χ2n) is 3.11. The molecule has 1 aromatic rings. The van der Waals surface area contributed by atoms with Crippen LogP contribution in [0.25, 0.3) is 0 Å². The van der Waals surface area contributed by atoms with Crippen molar-refractivity contribution in [2.24, 2.45) is 10.7 Å². The Bertz CT molecular complexity index is 348. The molecule has 0 bridgehead atoms. The van der Waals surface area contributed by atoms with Gasteiger partial charge in [0.05, 0.1) is 11.1 Å². The molecule has 2 N–H and O–H groups in total. The van der Waals surface area contributed by atoms with E-state index in [0.717, 1.165) is 16.4 Å². The molecule has 0 saturated carbocycles. The Morgan fingerprint density at radius 1 is 1.43 bits per heavy atom. The minimum absolute atomic E-state index is 0.152. The van der Waals surface area contributed by atoms with Gasteiger partial charge in [-0.3, -0.25) is 4.99 Å². The third kappa shape index (κ3) is 1.96. The molecule has 14 heavy (non-hydrogen) atoms. The predicted octanol–water partition coefficient (Wildman–Crippen LogP) is 1.97. The summed E-state index contributed by atoms with van der Waals surface area (Å²) in [5.41, 5.74) is 6.54. The van der Waals surface area contributed by atoms with Gasteiger partial charge in [0.15, 0.2) is 0 Å². The zero-order valence-corrected chi connectivity index (χ0v) is 8.43. The van der Waals surface area contributed by atoms with Gasteiger partial charge in [-0.05, 0) is 17.7 Å². The molecule has 1 unspecified atom stereocenters. The highest BCUT2D eigenvalue weighted by molar-refractivity contribution is 8.14. The first-order chi connectivity index (χ1) is 6.79. The van der Waals surface area contributed by atoms with Gasteiger partial charge < -0.3 is 5.73 Å². The van der Waals surface area contributed by atoms with E-state index in [-0.39, 0.29) is 11.9 Å². The Labute approximate surface area is 86.4 Å². The monoisotopic (exact) mass is 210 g/mol. The lowest BCUT2D eigenvalue weighted by molar-refractivity contribution is 0.626. The second-order valence-corrected chi connectivity index (χ2v) is 4.20. The van der Waals surface area contributed by atoms with Crippen molar-refractivity contribution in [3.05, 3.63) is 35.6 Å². The summed E-state index contributed by atoms with van der Waals surface area (Å²) < 4.78 is 12.7. The lowest BCUT2D eigenvalue weighted by atomic mass is 10.1. The molecule has 0 saturated heterocycles. The highest BCUT2D eigenvalue weighted by atomic mass is 32.2. The lowest BCUT2D eigenvalue weighted by Gasteiger charge is -2.04. The fraction of sp³-hybridized carbons (Fsp3) is 0.300. The Hall–Kier alpha value is -0.870. The number of nitrogens with two attached hydrogens (primary N) is 1. The average Bonchev–Trinajstić information content (AvgIpc) is 2.67. The maximum Gasteiger partial charge on any atom is 0.123 e. The van der Waals surface area contributed by atoms with Gasteiger partial charge in [0.25, 0.3) is 0 Å². The van der Waals surface area contributed by atoms with Crippen molar-refractivity contribution in [3.8, 4) is 0 Å². The SMILES string of the molecule is NCC1=NC(c2ccc(F)cc2)CS1. The molecule has 0 aliphatic carbocycles. The van der Waals surface area contributed by atoms with Crippen molar-refractivity contribution in [2.75, 3.05) is 12.3 Å². The Morgan fingerprint density at radius 3 is 2.71 bits per heavy atom. The molecular weight excluding hydrogens is 199 g/mol. The number of halogens is 1. The Kier molecular flexibility index (Phi) is 2.84. The number of hydrogen-bond donors (Lipinski definition) is 1. The van der Waals surface area contributed by atoms with Crippen LogP contribution in [0.3, 0.4) is 0 Å². The minimum atomic E-state index is -0.206. The summed E-state index contributed by atoms with van der Waals surface area (Å²) in [6, 6.07) is 6.65. The maximum atomic E-state index is 12.7. The molecule has 4 heteroatoms. The van der Waals surface area contributed by atoms with E-state index in [0.29, 0.717) is 6.54 Å². The summed E-state index contributed by atoms with van der Waals surface area (Å²) in [5.74, 6) is 0.709. The molecule has 0 aromatic heterocycles. The molecule has 1 aromatic carbocycles. The van der Waals surface area contributed by atoms with Crippen LogP contribution in [-0.4, -0.2) is 17.3 Å². The molecule has 0 fully saturated rings. The van der Waals surface area contributed by atoms with E-state index in [1.807, 2.05) is 0 Å².